The zero-order chi connectivity index (χ0) is 12.6. The first-order chi connectivity index (χ1) is 8.04. The molecule has 2 N–H and O–H groups in total. The van der Waals surface area contributed by atoms with Crippen LogP contribution >= 0.6 is 15.9 Å². The minimum Gasteiger partial charge on any atom is -0.496 e. The molecule has 1 aromatic carbocycles. The second kappa shape index (κ2) is 4.99. The maximum atomic E-state index is 6.37. The van der Waals surface area contributed by atoms with Crippen LogP contribution in [0.3, 0.4) is 0 Å². The summed E-state index contributed by atoms with van der Waals surface area (Å²) >= 11 is 3.57. The highest BCUT2D eigenvalue weighted by atomic mass is 79.9. The van der Waals surface area contributed by atoms with Gasteiger partial charge in [0.05, 0.1) is 7.11 Å². The highest BCUT2D eigenvalue weighted by molar-refractivity contribution is 9.10. The molecule has 2 atom stereocenters. The van der Waals surface area contributed by atoms with E-state index in [2.05, 4.69) is 41.9 Å². The fraction of sp³-hybridized carbons (Fsp3) is 0.571. The molecule has 1 aliphatic carbocycles. The van der Waals surface area contributed by atoms with Gasteiger partial charge in [0, 0.05) is 16.1 Å². The summed E-state index contributed by atoms with van der Waals surface area (Å²) in [4.78, 5) is 0. The van der Waals surface area contributed by atoms with Crippen LogP contribution in [0, 0.1) is 18.8 Å². The van der Waals surface area contributed by atoms with Crippen molar-refractivity contribution in [2.45, 2.75) is 32.7 Å². The molecule has 3 heteroatoms. The first kappa shape index (κ1) is 12.9. The van der Waals surface area contributed by atoms with Gasteiger partial charge in [-0.05, 0) is 49.3 Å². The summed E-state index contributed by atoms with van der Waals surface area (Å²) in [7, 11) is 1.71. The number of hydrogen-bond donors (Lipinski definition) is 1. The van der Waals surface area contributed by atoms with Crippen LogP contribution in [-0.2, 0) is 0 Å². The Morgan fingerprint density at radius 3 is 2.59 bits per heavy atom. The van der Waals surface area contributed by atoms with Crippen LogP contribution in [0.1, 0.15) is 36.9 Å². The third-order valence-electron chi connectivity index (χ3n) is 3.80. The molecular weight excluding hydrogens is 278 g/mol. The standard InChI is InChI=1S/C14H20BrNO/c1-8-6-13(17-3)11(7-12(8)15)14(16)9(2)10-4-5-10/h6-7,9-10,14H,4-5,16H2,1-3H3. The summed E-state index contributed by atoms with van der Waals surface area (Å²) in [5.74, 6) is 2.24. The highest BCUT2D eigenvalue weighted by Crippen LogP contribution is 2.44. The molecule has 2 unspecified atom stereocenters. The Hall–Kier alpha value is -0.540. The molecule has 1 aliphatic rings. The summed E-state index contributed by atoms with van der Waals surface area (Å²) in [5.41, 5.74) is 8.67. The normalized spacial score (nSPS) is 18.9. The molecule has 17 heavy (non-hydrogen) atoms. The van der Waals surface area contributed by atoms with Gasteiger partial charge in [-0.15, -0.1) is 0 Å². The Morgan fingerprint density at radius 2 is 2.06 bits per heavy atom. The van der Waals surface area contributed by atoms with E-state index in [1.807, 2.05) is 0 Å². The fourth-order valence-corrected chi connectivity index (χ4v) is 2.67. The smallest absolute Gasteiger partial charge is 0.123 e. The fourth-order valence-electron chi connectivity index (χ4n) is 2.31. The molecule has 0 radical (unpaired) electrons. The average molecular weight is 298 g/mol. The first-order valence-corrected chi connectivity index (χ1v) is 6.93. The van der Waals surface area contributed by atoms with E-state index < -0.39 is 0 Å². The molecule has 1 fully saturated rings. The number of halogens is 1. The van der Waals surface area contributed by atoms with E-state index in [4.69, 9.17) is 10.5 Å². The molecule has 94 valence electrons. The minimum absolute atomic E-state index is 0.0642. The van der Waals surface area contributed by atoms with Gasteiger partial charge in [-0.3, -0.25) is 0 Å². The van der Waals surface area contributed by atoms with E-state index in [1.54, 1.807) is 7.11 Å². The van der Waals surface area contributed by atoms with Gasteiger partial charge in [0.2, 0.25) is 0 Å². The van der Waals surface area contributed by atoms with Crippen LogP contribution in [0.2, 0.25) is 0 Å². The molecule has 1 aromatic rings. The summed E-state index contributed by atoms with van der Waals surface area (Å²) in [6.45, 7) is 4.31. The van der Waals surface area contributed by atoms with Crippen molar-refractivity contribution in [2.24, 2.45) is 17.6 Å². The van der Waals surface area contributed by atoms with Crippen molar-refractivity contribution in [1.29, 1.82) is 0 Å². The SMILES string of the molecule is COc1cc(C)c(Br)cc1C(N)C(C)C1CC1. The number of rotatable bonds is 4. The lowest BCUT2D eigenvalue weighted by atomic mass is 9.90. The van der Waals surface area contributed by atoms with Gasteiger partial charge in [0.25, 0.3) is 0 Å². The summed E-state index contributed by atoms with van der Waals surface area (Å²) in [6.07, 6.45) is 2.65. The second-order valence-electron chi connectivity index (χ2n) is 5.07. The zero-order valence-electron chi connectivity index (χ0n) is 10.7. The third-order valence-corrected chi connectivity index (χ3v) is 4.66. The molecule has 1 saturated carbocycles. The van der Waals surface area contributed by atoms with Gasteiger partial charge in [-0.1, -0.05) is 22.9 Å². The molecule has 2 rings (SSSR count). The van der Waals surface area contributed by atoms with Crippen LogP contribution in [0.5, 0.6) is 5.75 Å². The number of nitrogens with two attached hydrogens (primary N) is 1. The van der Waals surface area contributed by atoms with Crippen LogP contribution in [-0.4, -0.2) is 7.11 Å². The number of methoxy groups -OCH3 is 1. The van der Waals surface area contributed by atoms with Crippen LogP contribution in [0.15, 0.2) is 16.6 Å². The number of hydrogen-bond acceptors (Lipinski definition) is 2. The maximum absolute atomic E-state index is 6.37. The van der Waals surface area contributed by atoms with Gasteiger partial charge in [0.1, 0.15) is 5.75 Å². The Morgan fingerprint density at radius 1 is 1.41 bits per heavy atom. The van der Waals surface area contributed by atoms with Crippen LogP contribution in [0.25, 0.3) is 0 Å². The number of aryl methyl sites for hydroxylation is 1. The van der Waals surface area contributed by atoms with Gasteiger partial charge in [0.15, 0.2) is 0 Å². The van der Waals surface area contributed by atoms with E-state index in [1.165, 1.54) is 18.4 Å². The Kier molecular flexibility index (Phi) is 3.79. The molecule has 0 spiro atoms. The Balaban J connectivity index is 2.32. The van der Waals surface area contributed by atoms with Crippen molar-refractivity contribution in [3.63, 3.8) is 0 Å². The summed E-state index contributed by atoms with van der Waals surface area (Å²) in [5, 5.41) is 0. The lowest BCUT2D eigenvalue weighted by Crippen LogP contribution is -2.21. The Labute approximate surface area is 112 Å². The molecule has 0 aromatic heterocycles. The highest BCUT2D eigenvalue weighted by Gasteiger charge is 2.33. The molecule has 0 bridgehead atoms. The van der Waals surface area contributed by atoms with Crippen LogP contribution in [0.4, 0.5) is 0 Å². The van der Waals surface area contributed by atoms with Crippen LogP contribution < -0.4 is 10.5 Å². The predicted molar refractivity (Wildman–Crippen MR) is 74.2 cm³/mol. The molecule has 0 heterocycles. The molecule has 0 saturated heterocycles. The van der Waals surface area contributed by atoms with E-state index in [9.17, 15) is 0 Å². The van der Waals surface area contributed by atoms with Gasteiger partial charge in [-0.25, -0.2) is 0 Å². The Bertz CT molecular complexity index is 415. The minimum atomic E-state index is 0.0642. The molecule has 0 amide bonds. The summed E-state index contributed by atoms with van der Waals surface area (Å²) < 4.78 is 6.56. The number of ether oxygens (including phenoxy) is 1. The lowest BCUT2D eigenvalue weighted by molar-refractivity contribution is 0.376. The largest absolute Gasteiger partial charge is 0.496 e. The van der Waals surface area contributed by atoms with Crippen molar-refractivity contribution in [1.82, 2.24) is 0 Å². The van der Waals surface area contributed by atoms with E-state index >= 15 is 0 Å². The van der Waals surface area contributed by atoms with Gasteiger partial charge < -0.3 is 10.5 Å². The van der Waals surface area contributed by atoms with Crippen molar-refractivity contribution >= 4 is 15.9 Å². The van der Waals surface area contributed by atoms with Gasteiger partial charge >= 0.3 is 0 Å². The quantitative estimate of drug-likeness (QED) is 0.917. The average Bonchev–Trinajstić information content (AvgIpc) is 3.14. The molecule has 0 aliphatic heterocycles. The van der Waals surface area contributed by atoms with Gasteiger partial charge in [-0.2, -0.15) is 0 Å². The summed E-state index contributed by atoms with van der Waals surface area (Å²) in [6, 6.07) is 4.23. The zero-order valence-corrected chi connectivity index (χ0v) is 12.3. The topological polar surface area (TPSA) is 35.2 Å². The molecular formula is C14H20BrNO. The van der Waals surface area contributed by atoms with E-state index in [0.717, 1.165) is 21.7 Å². The van der Waals surface area contributed by atoms with E-state index in [-0.39, 0.29) is 6.04 Å². The third kappa shape index (κ3) is 2.66. The predicted octanol–water partition coefficient (Wildman–Crippen LogP) is 3.81. The monoisotopic (exact) mass is 297 g/mol. The first-order valence-electron chi connectivity index (χ1n) is 6.14. The van der Waals surface area contributed by atoms with Crippen molar-refractivity contribution in [3.8, 4) is 5.75 Å². The second-order valence-corrected chi connectivity index (χ2v) is 5.92. The number of benzene rings is 1. The van der Waals surface area contributed by atoms with E-state index in [0.29, 0.717) is 5.92 Å². The van der Waals surface area contributed by atoms with Crippen molar-refractivity contribution in [2.75, 3.05) is 7.11 Å². The van der Waals surface area contributed by atoms with Crippen molar-refractivity contribution in [3.05, 3.63) is 27.7 Å². The maximum Gasteiger partial charge on any atom is 0.123 e. The lowest BCUT2D eigenvalue weighted by Gasteiger charge is -2.22. The molecule has 2 nitrogen and oxygen atoms in total. The van der Waals surface area contributed by atoms with Crippen molar-refractivity contribution < 1.29 is 4.74 Å².